The molecule has 0 aliphatic rings. The maximum atomic E-state index is 12.4. The van der Waals surface area contributed by atoms with E-state index in [9.17, 15) is 4.79 Å². The number of carbonyl (C=O) groups is 1. The van der Waals surface area contributed by atoms with Gasteiger partial charge in [-0.05, 0) is 42.8 Å². The summed E-state index contributed by atoms with van der Waals surface area (Å²) in [6.45, 7) is 5.18. The molecule has 0 radical (unpaired) electrons. The molecule has 0 saturated carbocycles. The maximum absolute atomic E-state index is 12.4. The van der Waals surface area contributed by atoms with Crippen molar-refractivity contribution < 1.29 is 9.53 Å². The number of halogens is 1. The SMILES string of the molecule is COc1ccc(Br)cc1CN(C)CC(=O)Nc1ccccc1C(C)C. The number of carbonyl (C=O) groups excluding carboxylic acids is 1. The Morgan fingerprint density at radius 3 is 2.64 bits per heavy atom. The number of anilines is 1. The highest BCUT2D eigenvalue weighted by molar-refractivity contribution is 9.10. The first-order valence-corrected chi connectivity index (χ1v) is 9.09. The second-order valence-corrected chi connectivity index (χ2v) is 7.33. The normalized spacial score (nSPS) is 11.0. The van der Waals surface area contributed by atoms with Crippen LogP contribution >= 0.6 is 15.9 Å². The van der Waals surface area contributed by atoms with Crippen molar-refractivity contribution in [2.45, 2.75) is 26.3 Å². The molecule has 0 fully saturated rings. The van der Waals surface area contributed by atoms with Crippen molar-refractivity contribution in [1.29, 1.82) is 0 Å². The Bertz CT molecular complexity index is 731. The predicted molar refractivity (Wildman–Crippen MR) is 106 cm³/mol. The van der Waals surface area contributed by atoms with Crippen LogP contribution in [-0.4, -0.2) is 31.5 Å². The first-order chi connectivity index (χ1) is 11.9. The van der Waals surface area contributed by atoms with E-state index < -0.39 is 0 Å². The monoisotopic (exact) mass is 404 g/mol. The molecule has 1 amide bonds. The van der Waals surface area contributed by atoms with Crippen molar-refractivity contribution in [3.05, 3.63) is 58.1 Å². The highest BCUT2D eigenvalue weighted by Crippen LogP contribution is 2.25. The second-order valence-electron chi connectivity index (χ2n) is 6.42. The van der Waals surface area contributed by atoms with Crippen molar-refractivity contribution in [3.8, 4) is 5.75 Å². The smallest absolute Gasteiger partial charge is 0.238 e. The molecule has 0 bridgehead atoms. The first-order valence-electron chi connectivity index (χ1n) is 8.30. The van der Waals surface area contributed by atoms with Crippen LogP contribution in [0.25, 0.3) is 0 Å². The van der Waals surface area contributed by atoms with Crippen LogP contribution in [0.2, 0.25) is 0 Å². The number of nitrogens with zero attached hydrogens (tertiary/aromatic N) is 1. The van der Waals surface area contributed by atoms with Crippen LogP contribution < -0.4 is 10.1 Å². The summed E-state index contributed by atoms with van der Waals surface area (Å²) in [5.41, 5.74) is 3.07. The number of para-hydroxylation sites is 1. The maximum Gasteiger partial charge on any atom is 0.238 e. The van der Waals surface area contributed by atoms with E-state index in [1.54, 1.807) is 7.11 Å². The molecule has 0 unspecified atom stereocenters. The fraction of sp³-hybridized carbons (Fsp3) is 0.350. The Morgan fingerprint density at radius 2 is 1.96 bits per heavy atom. The summed E-state index contributed by atoms with van der Waals surface area (Å²) >= 11 is 3.48. The lowest BCUT2D eigenvalue weighted by Gasteiger charge is -2.19. The van der Waals surface area contributed by atoms with E-state index in [1.807, 2.05) is 48.3 Å². The van der Waals surface area contributed by atoms with Crippen LogP contribution in [0.15, 0.2) is 46.9 Å². The van der Waals surface area contributed by atoms with E-state index in [1.165, 1.54) is 0 Å². The van der Waals surface area contributed by atoms with Crippen molar-refractivity contribution in [1.82, 2.24) is 4.90 Å². The Kier molecular flexibility index (Phi) is 7.02. The van der Waals surface area contributed by atoms with E-state index in [0.29, 0.717) is 19.0 Å². The minimum Gasteiger partial charge on any atom is -0.496 e. The van der Waals surface area contributed by atoms with Gasteiger partial charge in [0.15, 0.2) is 0 Å². The standard InChI is InChI=1S/C20H25BrN2O2/c1-14(2)17-7-5-6-8-18(17)22-20(24)13-23(3)12-15-11-16(21)9-10-19(15)25-4/h5-11,14H,12-13H2,1-4H3,(H,22,24). The lowest BCUT2D eigenvalue weighted by atomic mass is 10.0. The van der Waals surface area contributed by atoms with Gasteiger partial charge in [0.05, 0.1) is 13.7 Å². The average molecular weight is 405 g/mol. The van der Waals surface area contributed by atoms with Gasteiger partial charge in [0, 0.05) is 22.3 Å². The minimum absolute atomic E-state index is 0.0236. The van der Waals surface area contributed by atoms with Gasteiger partial charge < -0.3 is 10.1 Å². The number of rotatable bonds is 7. The van der Waals surface area contributed by atoms with E-state index in [-0.39, 0.29) is 5.91 Å². The Balaban J connectivity index is 2.00. The number of ether oxygens (including phenoxy) is 1. The van der Waals surface area contributed by atoms with E-state index in [4.69, 9.17) is 4.74 Å². The molecule has 0 aliphatic heterocycles. The zero-order chi connectivity index (χ0) is 18.4. The van der Waals surface area contributed by atoms with Crippen molar-refractivity contribution in [3.63, 3.8) is 0 Å². The third kappa shape index (κ3) is 5.58. The number of hydrogen-bond donors (Lipinski definition) is 1. The number of benzene rings is 2. The summed E-state index contributed by atoms with van der Waals surface area (Å²) in [5.74, 6) is 1.16. The van der Waals surface area contributed by atoms with E-state index in [0.717, 1.165) is 27.0 Å². The molecule has 2 aromatic carbocycles. The van der Waals surface area contributed by atoms with E-state index >= 15 is 0 Å². The summed E-state index contributed by atoms with van der Waals surface area (Å²) < 4.78 is 6.39. The molecule has 1 N–H and O–H groups in total. The number of likely N-dealkylation sites (N-methyl/N-ethyl adjacent to an activating group) is 1. The summed E-state index contributed by atoms with van der Waals surface area (Å²) in [6.07, 6.45) is 0. The highest BCUT2D eigenvalue weighted by atomic mass is 79.9. The van der Waals surface area contributed by atoms with Crippen molar-refractivity contribution in [2.24, 2.45) is 0 Å². The molecule has 2 rings (SSSR count). The zero-order valence-electron chi connectivity index (χ0n) is 15.2. The molecule has 0 spiro atoms. The molecule has 0 saturated heterocycles. The zero-order valence-corrected chi connectivity index (χ0v) is 16.8. The van der Waals surface area contributed by atoms with Gasteiger partial charge in [0.1, 0.15) is 5.75 Å². The van der Waals surface area contributed by atoms with Gasteiger partial charge in [0.2, 0.25) is 5.91 Å². The van der Waals surface area contributed by atoms with Gasteiger partial charge in [-0.3, -0.25) is 9.69 Å². The number of amides is 1. The highest BCUT2D eigenvalue weighted by Gasteiger charge is 2.13. The van der Waals surface area contributed by atoms with E-state index in [2.05, 4.69) is 41.2 Å². The van der Waals surface area contributed by atoms with Gasteiger partial charge in [-0.25, -0.2) is 0 Å². The molecule has 2 aromatic rings. The Hall–Kier alpha value is -1.85. The predicted octanol–water partition coefficient (Wildman–Crippen LogP) is 4.65. The Morgan fingerprint density at radius 1 is 1.24 bits per heavy atom. The van der Waals surface area contributed by atoms with Gasteiger partial charge in [-0.15, -0.1) is 0 Å². The fourth-order valence-electron chi connectivity index (χ4n) is 2.77. The quantitative estimate of drug-likeness (QED) is 0.729. The third-order valence-corrected chi connectivity index (χ3v) is 4.45. The van der Waals surface area contributed by atoms with Crippen LogP contribution in [0.3, 0.4) is 0 Å². The number of methoxy groups -OCH3 is 1. The molecule has 25 heavy (non-hydrogen) atoms. The van der Waals surface area contributed by atoms with Crippen molar-refractivity contribution in [2.75, 3.05) is 26.0 Å². The molecule has 134 valence electrons. The largest absolute Gasteiger partial charge is 0.496 e. The molecular weight excluding hydrogens is 380 g/mol. The molecule has 0 atom stereocenters. The van der Waals surface area contributed by atoms with Crippen LogP contribution in [0.1, 0.15) is 30.9 Å². The lowest BCUT2D eigenvalue weighted by molar-refractivity contribution is -0.117. The second kappa shape index (κ2) is 9.02. The summed E-state index contributed by atoms with van der Waals surface area (Å²) in [6, 6.07) is 13.8. The molecule has 0 aliphatic carbocycles. The molecule has 5 heteroatoms. The fourth-order valence-corrected chi connectivity index (χ4v) is 3.18. The summed E-state index contributed by atoms with van der Waals surface area (Å²) in [7, 11) is 3.58. The molecule has 4 nitrogen and oxygen atoms in total. The van der Waals surface area contributed by atoms with Gasteiger partial charge in [-0.2, -0.15) is 0 Å². The van der Waals surface area contributed by atoms with Crippen LogP contribution in [0.4, 0.5) is 5.69 Å². The Labute approximate surface area is 158 Å². The summed E-state index contributed by atoms with van der Waals surface area (Å²) in [4.78, 5) is 14.4. The first kappa shape index (κ1) is 19.5. The van der Waals surface area contributed by atoms with Gasteiger partial charge in [0.25, 0.3) is 0 Å². The van der Waals surface area contributed by atoms with Crippen LogP contribution in [-0.2, 0) is 11.3 Å². The lowest BCUT2D eigenvalue weighted by Crippen LogP contribution is -2.30. The topological polar surface area (TPSA) is 41.6 Å². The number of hydrogen-bond acceptors (Lipinski definition) is 3. The molecule has 0 aromatic heterocycles. The molecular formula is C20H25BrN2O2. The van der Waals surface area contributed by atoms with Gasteiger partial charge >= 0.3 is 0 Å². The third-order valence-electron chi connectivity index (χ3n) is 3.95. The number of nitrogens with one attached hydrogen (secondary N) is 1. The minimum atomic E-state index is -0.0236. The van der Waals surface area contributed by atoms with Crippen LogP contribution in [0, 0.1) is 0 Å². The average Bonchev–Trinajstić information content (AvgIpc) is 2.55. The van der Waals surface area contributed by atoms with Gasteiger partial charge in [-0.1, -0.05) is 48.0 Å². The van der Waals surface area contributed by atoms with Crippen molar-refractivity contribution >= 4 is 27.5 Å². The van der Waals surface area contributed by atoms with Crippen LogP contribution in [0.5, 0.6) is 5.75 Å². The summed E-state index contributed by atoms with van der Waals surface area (Å²) in [5, 5.41) is 3.03. The molecule has 0 heterocycles.